The average molecular weight is 380 g/mol. The van der Waals surface area contributed by atoms with Gasteiger partial charge in [0.25, 0.3) is 5.91 Å². The van der Waals surface area contributed by atoms with Crippen molar-refractivity contribution in [3.63, 3.8) is 0 Å². The quantitative estimate of drug-likeness (QED) is 0.793. The lowest BCUT2D eigenvalue weighted by atomic mass is 9.79. The van der Waals surface area contributed by atoms with Gasteiger partial charge in [0.15, 0.2) is 0 Å². The van der Waals surface area contributed by atoms with E-state index in [1.807, 2.05) is 11.4 Å². The molecule has 1 atom stereocenters. The van der Waals surface area contributed by atoms with Gasteiger partial charge in [0.1, 0.15) is 6.04 Å². The van der Waals surface area contributed by atoms with Crippen molar-refractivity contribution >= 4 is 23.2 Å². The molecule has 2 amide bonds. The Morgan fingerprint density at radius 1 is 1.27 bits per heavy atom. The second-order valence-corrected chi connectivity index (χ2v) is 8.22. The molecule has 0 radical (unpaired) electrons. The first kappa shape index (κ1) is 19.3. The number of hydrogen-bond acceptors (Lipinski definition) is 5. The van der Waals surface area contributed by atoms with Crippen molar-refractivity contribution in [1.29, 1.82) is 0 Å². The van der Waals surface area contributed by atoms with Crippen molar-refractivity contribution in [2.75, 3.05) is 32.8 Å². The highest BCUT2D eigenvalue weighted by Gasteiger charge is 2.39. The van der Waals surface area contributed by atoms with Crippen molar-refractivity contribution in [2.45, 2.75) is 50.6 Å². The first-order chi connectivity index (χ1) is 12.6. The minimum atomic E-state index is -0.546. The smallest absolute Gasteiger partial charge is 0.261 e. The maximum Gasteiger partial charge on any atom is 0.261 e. The molecular formula is C19H29N3O3S. The fraction of sp³-hybridized carbons (Fsp3) is 0.684. The van der Waals surface area contributed by atoms with Gasteiger partial charge in [-0.15, -0.1) is 11.3 Å². The van der Waals surface area contributed by atoms with Gasteiger partial charge in [-0.25, -0.2) is 0 Å². The first-order valence-electron chi connectivity index (χ1n) is 9.56. The fourth-order valence-corrected chi connectivity index (χ4v) is 4.63. The standard InChI is InChI=1S/C19H29N3O3S/c1-15(21-18(24)16-6-5-13-26-16)17(23)20-14-19(7-3-2-4-8-19)22-9-11-25-12-10-22/h5-6,13,15H,2-4,7-12,14H2,1H3,(H,20,23)(H,21,24)/t15-/m1/s1. The lowest BCUT2D eigenvalue weighted by molar-refractivity contribution is -0.123. The van der Waals surface area contributed by atoms with Crippen LogP contribution in [0.5, 0.6) is 0 Å². The van der Waals surface area contributed by atoms with Gasteiger partial charge in [0, 0.05) is 25.2 Å². The summed E-state index contributed by atoms with van der Waals surface area (Å²) in [6.45, 7) is 5.78. The van der Waals surface area contributed by atoms with Gasteiger partial charge >= 0.3 is 0 Å². The highest BCUT2D eigenvalue weighted by molar-refractivity contribution is 7.12. The third-order valence-corrected chi connectivity index (χ3v) is 6.41. The molecule has 1 saturated heterocycles. The van der Waals surface area contributed by atoms with Crippen molar-refractivity contribution < 1.29 is 14.3 Å². The number of carbonyl (C=O) groups excluding carboxylic acids is 2. The molecule has 2 heterocycles. The maximum absolute atomic E-state index is 12.6. The molecule has 3 rings (SSSR count). The van der Waals surface area contributed by atoms with Gasteiger partial charge < -0.3 is 15.4 Å². The Morgan fingerprint density at radius 3 is 2.65 bits per heavy atom. The van der Waals surface area contributed by atoms with E-state index < -0.39 is 6.04 Å². The zero-order chi connectivity index (χ0) is 18.4. The maximum atomic E-state index is 12.6. The van der Waals surface area contributed by atoms with Crippen LogP contribution in [0.25, 0.3) is 0 Å². The molecule has 1 saturated carbocycles. The van der Waals surface area contributed by atoms with Crippen molar-refractivity contribution in [3.8, 4) is 0 Å². The molecular weight excluding hydrogens is 350 g/mol. The topological polar surface area (TPSA) is 70.7 Å². The van der Waals surface area contributed by atoms with Crippen LogP contribution < -0.4 is 10.6 Å². The third kappa shape index (κ3) is 4.64. The van der Waals surface area contributed by atoms with E-state index in [0.717, 1.165) is 39.1 Å². The molecule has 7 heteroatoms. The molecule has 1 aromatic heterocycles. The van der Waals surface area contributed by atoms with Gasteiger partial charge in [0.2, 0.25) is 5.91 Å². The van der Waals surface area contributed by atoms with Crippen molar-refractivity contribution in [3.05, 3.63) is 22.4 Å². The van der Waals surface area contributed by atoms with Crippen LogP contribution in [-0.2, 0) is 9.53 Å². The Balaban J connectivity index is 1.55. The Kier molecular flexibility index (Phi) is 6.67. The number of nitrogens with one attached hydrogen (secondary N) is 2. The molecule has 2 aliphatic rings. The second-order valence-electron chi connectivity index (χ2n) is 7.27. The molecule has 144 valence electrons. The van der Waals surface area contributed by atoms with E-state index >= 15 is 0 Å². The second kappa shape index (κ2) is 8.97. The van der Waals surface area contributed by atoms with E-state index in [1.165, 1.54) is 30.6 Å². The Hall–Kier alpha value is -1.44. The lowest BCUT2D eigenvalue weighted by Gasteiger charge is -2.48. The third-order valence-electron chi connectivity index (χ3n) is 5.54. The summed E-state index contributed by atoms with van der Waals surface area (Å²) in [6.07, 6.45) is 5.91. The van der Waals surface area contributed by atoms with E-state index in [9.17, 15) is 9.59 Å². The summed E-state index contributed by atoms with van der Waals surface area (Å²) in [5, 5.41) is 7.75. The minimum Gasteiger partial charge on any atom is -0.379 e. The zero-order valence-corrected chi connectivity index (χ0v) is 16.3. The molecule has 6 nitrogen and oxygen atoms in total. The summed E-state index contributed by atoms with van der Waals surface area (Å²) < 4.78 is 5.50. The van der Waals surface area contributed by atoms with E-state index in [4.69, 9.17) is 4.74 Å². The minimum absolute atomic E-state index is 0.0369. The predicted molar refractivity (Wildman–Crippen MR) is 102 cm³/mol. The normalized spacial score (nSPS) is 21.7. The van der Waals surface area contributed by atoms with Gasteiger partial charge in [-0.3, -0.25) is 14.5 Å². The number of nitrogens with zero attached hydrogens (tertiary/aromatic N) is 1. The van der Waals surface area contributed by atoms with Crippen molar-refractivity contribution in [1.82, 2.24) is 15.5 Å². The predicted octanol–water partition coefficient (Wildman–Crippen LogP) is 2.02. The number of thiophene rings is 1. The molecule has 0 spiro atoms. The van der Waals surface area contributed by atoms with E-state index in [2.05, 4.69) is 15.5 Å². The molecule has 26 heavy (non-hydrogen) atoms. The van der Waals surface area contributed by atoms with Crippen LogP contribution in [0.4, 0.5) is 0 Å². The van der Waals surface area contributed by atoms with Crippen LogP contribution in [0.1, 0.15) is 48.7 Å². The molecule has 1 aliphatic carbocycles. The van der Waals surface area contributed by atoms with E-state index in [1.54, 1.807) is 13.0 Å². The van der Waals surface area contributed by atoms with Crippen LogP contribution in [0.2, 0.25) is 0 Å². The number of amides is 2. The average Bonchev–Trinajstić information content (AvgIpc) is 3.22. The highest BCUT2D eigenvalue weighted by Crippen LogP contribution is 2.33. The SMILES string of the molecule is C[C@@H](NC(=O)c1cccs1)C(=O)NCC1(N2CCOCC2)CCCCC1. The number of rotatable bonds is 6. The van der Waals surface area contributed by atoms with Crippen LogP contribution in [0.15, 0.2) is 17.5 Å². The van der Waals surface area contributed by atoms with E-state index in [-0.39, 0.29) is 17.4 Å². The molecule has 0 aromatic carbocycles. The summed E-state index contributed by atoms with van der Waals surface area (Å²) in [5.74, 6) is -0.309. The molecule has 0 bridgehead atoms. The number of hydrogen-bond donors (Lipinski definition) is 2. The number of morpholine rings is 1. The lowest BCUT2D eigenvalue weighted by Crippen LogP contribution is -2.60. The molecule has 1 aliphatic heterocycles. The van der Waals surface area contributed by atoms with Crippen LogP contribution in [-0.4, -0.2) is 61.1 Å². The Bertz CT molecular complexity index is 593. The summed E-state index contributed by atoms with van der Waals surface area (Å²) in [6, 6.07) is 3.05. The van der Waals surface area contributed by atoms with Crippen LogP contribution in [0.3, 0.4) is 0 Å². The van der Waals surface area contributed by atoms with Gasteiger partial charge in [-0.05, 0) is 31.2 Å². The van der Waals surface area contributed by atoms with Gasteiger partial charge in [-0.1, -0.05) is 25.3 Å². The summed E-state index contributed by atoms with van der Waals surface area (Å²) in [4.78, 5) is 27.8. The van der Waals surface area contributed by atoms with Crippen LogP contribution >= 0.6 is 11.3 Å². The molecule has 0 unspecified atom stereocenters. The fourth-order valence-electron chi connectivity index (χ4n) is 4.00. The monoisotopic (exact) mass is 379 g/mol. The summed E-state index contributed by atoms with van der Waals surface area (Å²) >= 11 is 1.38. The Labute approximate surface area is 159 Å². The molecule has 1 aromatic rings. The zero-order valence-electron chi connectivity index (χ0n) is 15.5. The van der Waals surface area contributed by atoms with Gasteiger partial charge in [-0.2, -0.15) is 0 Å². The summed E-state index contributed by atoms with van der Waals surface area (Å²) in [7, 11) is 0. The van der Waals surface area contributed by atoms with Crippen LogP contribution in [0, 0.1) is 0 Å². The van der Waals surface area contributed by atoms with Crippen molar-refractivity contribution in [2.24, 2.45) is 0 Å². The first-order valence-corrected chi connectivity index (χ1v) is 10.4. The summed E-state index contributed by atoms with van der Waals surface area (Å²) in [5.41, 5.74) is 0.0369. The number of ether oxygens (including phenoxy) is 1. The Morgan fingerprint density at radius 2 is 2.00 bits per heavy atom. The van der Waals surface area contributed by atoms with Gasteiger partial charge in [0.05, 0.1) is 18.1 Å². The largest absolute Gasteiger partial charge is 0.379 e. The number of carbonyl (C=O) groups is 2. The molecule has 2 fully saturated rings. The highest BCUT2D eigenvalue weighted by atomic mass is 32.1. The van der Waals surface area contributed by atoms with E-state index in [0.29, 0.717) is 11.4 Å². The molecule has 2 N–H and O–H groups in total.